The SMILES string of the molecule is COc1cc([N+](=O)[O-])ccc1C(=O)N(C)C1CCNCC1. The highest BCUT2D eigenvalue weighted by Gasteiger charge is 2.25. The highest BCUT2D eigenvalue weighted by molar-refractivity contribution is 5.97. The van der Waals surface area contributed by atoms with E-state index in [1.807, 2.05) is 0 Å². The van der Waals surface area contributed by atoms with Gasteiger partial charge in [-0.2, -0.15) is 0 Å². The highest BCUT2D eigenvalue weighted by atomic mass is 16.6. The molecular formula is C14H19N3O4. The van der Waals surface area contributed by atoms with Crippen LogP contribution in [-0.4, -0.2) is 49.0 Å². The second-order valence-corrected chi connectivity index (χ2v) is 5.04. The number of nitrogens with zero attached hydrogens (tertiary/aromatic N) is 2. The Morgan fingerprint density at radius 3 is 2.67 bits per heavy atom. The maximum Gasteiger partial charge on any atom is 0.273 e. The van der Waals surface area contributed by atoms with Crippen LogP contribution >= 0.6 is 0 Å². The van der Waals surface area contributed by atoms with Crippen LogP contribution in [0.3, 0.4) is 0 Å². The van der Waals surface area contributed by atoms with Crippen LogP contribution in [-0.2, 0) is 0 Å². The second kappa shape index (κ2) is 6.53. The summed E-state index contributed by atoms with van der Waals surface area (Å²) in [5.74, 6) is 0.0589. The molecule has 1 heterocycles. The Morgan fingerprint density at radius 2 is 2.10 bits per heavy atom. The lowest BCUT2D eigenvalue weighted by Gasteiger charge is -2.32. The van der Waals surface area contributed by atoms with Crippen LogP contribution in [0.25, 0.3) is 0 Å². The molecule has 114 valence electrons. The van der Waals surface area contributed by atoms with E-state index in [1.54, 1.807) is 11.9 Å². The molecule has 7 heteroatoms. The summed E-state index contributed by atoms with van der Waals surface area (Å²) in [6.07, 6.45) is 1.80. The van der Waals surface area contributed by atoms with Gasteiger partial charge in [0.1, 0.15) is 5.75 Å². The van der Waals surface area contributed by atoms with Gasteiger partial charge in [0, 0.05) is 19.2 Å². The first-order valence-electron chi connectivity index (χ1n) is 6.85. The van der Waals surface area contributed by atoms with Gasteiger partial charge in [0.05, 0.1) is 23.7 Å². The smallest absolute Gasteiger partial charge is 0.273 e. The zero-order valence-corrected chi connectivity index (χ0v) is 12.2. The van der Waals surface area contributed by atoms with E-state index in [2.05, 4.69) is 5.32 Å². The van der Waals surface area contributed by atoms with Gasteiger partial charge in [0.2, 0.25) is 0 Å². The number of ether oxygens (including phenoxy) is 1. The topological polar surface area (TPSA) is 84.7 Å². The number of hydrogen-bond donors (Lipinski definition) is 1. The van der Waals surface area contributed by atoms with Crippen molar-refractivity contribution in [1.82, 2.24) is 10.2 Å². The number of benzene rings is 1. The Bertz CT molecular complexity index is 541. The number of piperidine rings is 1. The van der Waals surface area contributed by atoms with Gasteiger partial charge in [-0.25, -0.2) is 0 Å². The van der Waals surface area contributed by atoms with E-state index in [9.17, 15) is 14.9 Å². The number of hydrogen-bond acceptors (Lipinski definition) is 5. The van der Waals surface area contributed by atoms with Gasteiger partial charge in [0.25, 0.3) is 11.6 Å². The van der Waals surface area contributed by atoms with Crippen molar-refractivity contribution in [3.8, 4) is 5.75 Å². The molecule has 21 heavy (non-hydrogen) atoms. The Kier molecular flexibility index (Phi) is 4.74. The largest absolute Gasteiger partial charge is 0.496 e. The molecule has 0 saturated carbocycles. The number of amides is 1. The van der Waals surface area contributed by atoms with Crippen molar-refractivity contribution in [2.75, 3.05) is 27.2 Å². The molecule has 1 aliphatic heterocycles. The average Bonchev–Trinajstić information content (AvgIpc) is 2.53. The zero-order valence-electron chi connectivity index (χ0n) is 12.2. The van der Waals surface area contributed by atoms with Gasteiger partial charge in [0.15, 0.2) is 0 Å². The Balaban J connectivity index is 2.23. The molecule has 1 N–H and O–H groups in total. The van der Waals surface area contributed by atoms with Crippen LogP contribution in [0.5, 0.6) is 5.75 Å². The van der Waals surface area contributed by atoms with Crippen LogP contribution in [0.4, 0.5) is 5.69 Å². The minimum Gasteiger partial charge on any atom is -0.496 e. The average molecular weight is 293 g/mol. The lowest BCUT2D eigenvalue weighted by atomic mass is 10.0. The van der Waals surface area contributed by atoms with E-state index in [-0.39, 0.29) is 23.4 Å². The molecule has 0 radical (unpaired) electrons. The number of nitrogens with one attached hydrogen (secondary N) is 1. The van der Waals surface area contributed by atoms with Crippen molar-refractivity contribution in [3.05, 3.63) is 33.9 Å². The third-order valence-corrected chi connectivity index (χ3v) is 3.80. The number of methoxy groups -OCH3 is 1. The predicted molar refractivity (Wildman–Crippen MR) is 77.6 cm³/mol. The van der Waals surface area contributed by atoms with E-state index in [0.29, 0.717) is 5.56 Å². The standard InChI is InChI=1S/C14H19N3O4/c1-16(10-5-7-15-8-6-10)14(18)12-4-3-11(17(19)20)9-13(12)21-2/h3-4,9-10,15H,5-8H2,1-2H3. The molecule has 1 amide bonds. The molecule has 0 aliphatic carbocycles. The summed E-state index contributed by atoms with van der Waals surface area (Å²) < 4.78 is 5.13. The molecule has 1 aromatic rings. The fraction of sp³-hybridized carbons (Fsp3) is 0.500. The quantitative estimate of drug-likeness (QED) is 0.670. The monoisotopic (exact) mass is 293 g/mol. The maximum atomic E-state index is 12.6. The molecule has 1 aliphatic rings. The molecule has 0 atom stereocenters. The van der Waals surface area contributed by atoms with Crippen LogP contribution in [0.2, 0.25) is 0 Å². The van der Waals surface area contributed by atoms with Crippen molar-refractivity contribution in [3.63, 3.8) is 0 Å². The van der Waals surface area contributed by atoms with Crippen LogP contribution in [0.15, 0.2) is 18.2 Å². The van der Waals surface area contributed by atoms with E-state index in [1.165, 1.54) is 25.3 Å². The third-order valence-electron chi connectivity index (χ3n) is 3.80. The number of rotatable bonds is 4. The van der Waals surface area contributed by atoms with Gasteiger partial charge >= 0.3 is 0 Å². The summed E-state index contributed by atoms with van der Waals surface area (Å²) in [5, 5.41) is 14.0. The first-order chi connectivity index (χ1) is 10.0. The van der Waals surface area contributed by atoms with Crippen LogP contribution in [0.1, 0.15) is 23.2 Å². The summed E-state index contributed by atoms with van der Waals surface area (Å²) in [7, 11) is 3.17. The molecule has 1 aromatic carbocycles. The summed E-state index contributed by atoms with van der Waals surface area (Å²) in [5.41, 5.74) is 0.261. The zero-order chi connectivity index (χ0) is 15.4. The van der Waals surface area contributed by atoms with Gasteiger partial charge in [-0.15, -0.1) is 0 Å². The molecule has 1 fully saturated rings. The fourth-order valence-corrected chi connectivity index (χ4v) is 2.52. The van der Waals surface area contributed by atoms with Crippen LogP contribution in [0, 0.1) is 10.1 Å². The number of carbonyl (C=O) groups is 1. The van der Waals surface area contributed by atoms with Crippen molar-refractivity contribution in [2.45, 2.75) is 18.9 Å². The Labute approximate surface area is 123 Å². The molecule has 0 bridgehead atoms. The third kappa shape index (κ3) is 3.30. The van der Waals surface area contributed by atoms with E-state index < -0.39 is 4.92 Å². The van der Waals surface area contributed by atoms with E-state index >= 15 is 0 Å². The molecule has 7 nitrogen and oxygen atoms in total. The summed E-state index contributed by atoms with van der Waals surface area (Å²) in [6, 6.07) is 4.24. The fourth-order valence-electron chi connectivity index (χ4n) is 2.52. The Morgan fingerprint density at radius 1 is 1.43 bits per heavy atom. The summed E-state index contributed by atoms with van der Waals surface area (Å²) in [4.78, 5) is 24.5. The molecular weight excluding hydrogens is 274 g/mol. The van der Waals surface area contributed by atoms with Crippen molar-refractivity contribution >= 4 is 11.6 Å². The summed E-state index contributed by atoms with van der Waals surface area (Å²) >= 11 is 0. The van der Waals surface area contributed by atoms with Gasteiger partial charge in [-0.3, -0.25) is 14.9 Å². The minimum atomic E-state index is -0.507. The first-order valence-corrected chi connectivity index (χ1v) is 6.85. The van der Waals surface area contributed by atoms with Gasteiger partial charge in [-0.05, 0) is 32.0 Å². The van der Waals surface area contributed by atoms with E-state index in [0.717, 1.165) is 25.9 Å². The summed E-state index contributed by atoms with van der Waals surface area (Å²) in [6.45, 7) is 1.78. The van der Waals surface area contributed by atoms with Crippen molar-refractivity contribution in [1.29, 1.82) is 0 Å². The van der Waals surface area contributed by atoms with Gasteiger partial charge < -0.3 is 15.0 Å². The molecule has 0 spiro atoms. The van der Waals surface area contributed by atoms with E-state index in [4.69, 9.17) is 4.74 Å². The van der Waals surface area contributed by atoms with Crippen molar-refractivity contribution in [2.24, 2.45) is 0 Å². The van der Waals surface area contributed by atoms with Crippen LogP contribution < -0.4 is 10.1 Å². The lowest BCUT2D eigenvalue weighted by Crippen LogP contribution is -2.44. The number of nitro groups is 1. The van der Waals surface area contributed by atoms with Crippen molar-refractivity contribution < 1.29 is 14.5 Å². The molecule has 1 saturated heterocycles. The molecule has 0 aromatic heterocycles. The highest BCUT2D eigenvalue weighted by Crippen LogP contribution is 2.26. The number of carbonyl (C=O) groups excluding carboxylic acids is 1. The van der Waals surface area contributed by atoms with Gasteiger partial charge in [-0.1, -0.05) is 0 Å². The minimum absolute atomic E-state index is 0.0899. The normalized spacial score (nSPS) is 15.5. The molecule has 0 unspecified atom stereocenters. The Hall–Kier alpha value is -2.15. The second-order valence-electron chi connectivity index (χ2n) is 5.04. The number of nitro benzene ring substituents is 1. The number of non-ortho nitro benzene ring substituents is 1. The maximum absolute atomic E-state index is 12.6. The lowest BCUT2D eigenvalue weighted by molar-refractivity contribution is -0.384. The molecule has 2 rings (SSSR count). The first kappa shape index (κ1) is 15.2. The predicted octanol–water partition coefficient (Wildman–Crippen LogP) is 1.43.